The lowest BCUT2D eigenvalue weighted by atomic mass is 9.60. The number of halogens is 1. The van der Waals surface area contributed by atoms with Crippen molar-refractivity contribution in [2.24, 2.45) is 5.41 Å². The zero-order chi connectivity index (χ0) is 21.8. The van der Waals surface area contributed by atoms with E-state index in [-0.39, 0.29) is 17.2 Å². The molecular formula is C23H27FN6O. The minimum Gasteiger partial charge on any atom is -0.507 e. The minimum atomic E-state index is -0.994. The van der Waals surface area contributed by atoms with Gasteiger partial charge in [-0.2, -0.15) is 0 Å². The van der Waals surface area contributed by atoms with Gasteiger partial charge >= 0.3 is 0 Å². The summed E-state index contributed by atoms with van der Waals surface area (Å²) in [6.07, 6.45) is 5.99. The Bertz CT molecular complexity index is 1080. The molecule has 0 amide bonds. The molecule has 2 N–H and O–H groups in total. The van der Waals surface area contributed by atoms with Gasteiger partial charge in [0.25, 0.3) is 0 Å². The molecule has 2 aromatic heterocycles. The van der Waals surface area contributed by atoms with Gasteiger partial charge in [-0.1, -0.05) is 6.92 Å². The molecule has 1 aliphatic carbocycles. The van der Waals surface area contributed by atoms with E-state index in [4.69, 9.17) is 0 Å². The van der Waals surface area contributed by atoms with Gasteiger partial charge in [-0.05, 0) is 44.0 Å². The van der Waals surface area contributed by atoms with Crippen LogP contribution in [-0.4, -0.2) is 56.2 Å². The molecule has 0 spiro atoms. The normalized spacial score (nSPS) is 29.8. The van der Waals surface area contributed by atoms with E-state index < -0.39 is 11.7 Å². The number of phenols is 1. The molecule has 2 aliphatic heterocycles. The van der Waals surface area contributed by atoms with Crippen molar-refractivity contribution in [3.8, 4) is 22.7 Å². The van der Waals surface area contributed by atoms with Crippen LogP contribution in [0.1, 0.15) is 26.7 Å². The van der Waals surface area contributed by atoms with Crippen molar-refractivity contribution >= 4 is 5.82 Å². The van der Waals surface area contributed by atoms with Crippen molar-refractivity contribution in [1.82, 2.24) is 25.1 Å². The molecule has 2 saturated heterocycles. The topological polar surface area (TPSA) is 79.1 Å². The van der Waals surface area contributed by atoms with Crippen molar-refractivity contribution in [3.63, 3.8) is 0 Å². The minimum absolute atomic E-state index is 0.113. The fraction of sp³-hybridized carbons (Fsp3) is 0.435. The summed E-state index contributed by atoms with van der Waals surface area (Å²) in [6.45, 7) is 4.91. The van der Waals surface area contributed by atoms with Crippen LogP contribution >= 0.6 is 0 Å². The summed E-state index contributed by atoms with van der Waals surface area (Å²) < 4.78 is 17.3. The van der Waals surface area contributed by atoms with Crippen molar-refractivity contribution in [1.29, 1.82) is 0 Å². The number of piperidine rings is 2. The van der Waals surface area contributed by atoms with Gasteiger partial charge in [0.1, 0.15) is 11.9 Å². The third-order valence-corrected chi connectivity index (χ3v) is 7.20. The maximum absolute atomic E-state index is 15.5. The number of rotatable bonds is 4. The Balaban J connectivity index is 1.40. The number of phenolic OH excluding ortho intramolecular Hbond substituents is 1. The first-order valence-electron chi connectivity index (χ1n) is 10.6. The summed E-state index contributed by atoms with van der Waals surface area (Å²) in [6, 6.07) is 8.76. The van der Waals surface area contributed by atoms with Crippen LogP contribution in [-0.2, 0) is 0 Å². The lowest BCUT2D eigenvalue weighted by molar-refractivity contribution is -0.0411. The maximum Gasteiger partial charge on any atom is 0.151 e. The maximum atomic E-state index is 15.5. The van der Waals surface area contributed by atoms with Crippen LogP contribution in [0.15, 0.2) is 49.1 Å². The van der Waals surface area contributed by atoms with Crippen LogP contribution in [0.3, 0.4) is 0 Å². The average molecular weight is 423 g/mol. The van der Waals surface area contributed by atoms with E-state index in [1.54, 1.807) is 18.6 Å². The van der Waals surface area contributed by atoms with E-state index in [1.807, 2.05) is 53.9 Å². The third-order valence-electron chi connectivity index (χ3n) is 7.20. The second-order valence-corrected chi connectivity index (χ2v) is 9.33. The smallest absolute Gasteiger partial charge is 0.151 e. The molecule has 3 fully saturated rings. The molecule has 0 unspecified atom stereocenters. The number of hydrogen-bond donors (Lipinski definition) is 2. The van der Waals surface area contributed by atoms with Crippen LogP contribution < -0.4 is 10.2 Å². The van der Waals surface area contributed by atoms with Crippen LogP contribution in [0.25, 0.3) is 16.9 Å². The zero-order valence-corrected chi connectivity index (χ0v) is 18.0. The van der Waals surface area contributed by atoms with E-state index >= 15 is 4.39 Å². The molecule has 1 saturated carbocycles. The third kappa shape index (κ3) is 3.17. The summed E-state index contributed by atoms with van der Waals surface area (Å²) in [4.78, 5) is 5.96. The highest BCUT2D eigenvalue weighted by Crippen LogP contribution is 2.49. The van der Waals surface area contributed by atoms with Crippen molar-refractivity contribution < 1.29 is 9.50 Å². The largest absolute Gasteiger partial charge is 0.507 e. The number of fused-ring (bicyclic) bond motifs is 3. The number of alkyl halides is 1. The van der Waals surface area contributed by atoms with Crippen LogP contribution in [0, 0.1) is 5.41 Å². The number of aromatic nitrogens is 4. The molecule has 7 nitrogen and oxygen atoms in total. The number of anilines is 1. The Labute approximate surface area is 180 Å². The molecule has 31 heavy (non-hydrogen) atoms. The summed E-state index contributed by atoms with van der Waals surface area (Å²) in [7, 11) is 1.90. The lowest BCUT2D eigenvalue weighted by Crippen LogP contribution is -2.74. The van der Waals surface area contributed by atoms with Gasteiger partial charge in [0.05, 0.1) is 23.8 Å². The van der Waals surface area contributed by atoms with Gasteiger partial charge in [0.2, 0.25) is 0 Å². The number of hydrogen-bond acceptors (Lipinski definition) is 6. The SMILES string of the molecule is CN(c1ccc(-c2ccc(-n3ccnc3)cc2O)nn1)[C@H]1[C@@H](F)[C@]2(C)CC[C@@]1(C)CN2. The van der Waals surface area contributed by atoms with E-state index in [0.717, 1.165) is 25.1 Å². The van der Waals surface area contributed by atoms with Crippen molar-refractivity contribution in [3.05, 3.63) is 49.1 Å². The Kier molecular flexibility index (Phi) is 4.51. The molecule has 3 aliphatic rings. The molecular weight excluding hydrogens is 395 g/mol. The molecule has 162 valence electrons. The van der Waals surface area contributed by atoms with E-state index in [0.29, 0.717) is 17.1 Å². The van der Waals surface area contributed by atoms with Gasteiger partial charge in [0, 0.05) is 48.6 Å². The molecule has 8 heteroatoms. The predicted octanol–water partition coefficient (Wildman–Crippen LogP) is 3.34. The standard InChI is InChI=1S/C23H27FN6O/c1-22-8-9-23(2,26-13-22)20(24)21(22)29(3)19-7-6-17(27-28-19)16-5-4-15(12-18(16)31)30-11-10-25-14-30/h4-7,10-12,14,20-21,26,31H,8-9,13H2,1-3H3/t20-,21+,22+,23+/m1/s1. The number of nitrogens with one attached hydrogen (secondary N) is 1. The summed E-state index contributed by atoms with van der Waals surface area (Å²) in [5.41, 5.74) is 1.31. The summed E-state index contributed by atoms with van der Waals surface area (Å²) in [5, 5.41) is 22.6. The zero-order valence-electron chi connectivity index (χ0n) is 18.0. The first-order chi connectivity index (χ1) is 14.8. The first-order valence-corrected chi connectivity index (χ1v) is 10.6. The fourth-order valence-corrected chi connectivity index (χ4v) is 5.09. The number of aromatic hydroxyl groups is 1. The number of nitrogens with zero attached hydrogens (tertiary/aromatic N) is 5. The van der Waals surface area contributed by atoms with Crippen LogP contribution in [0.2, 0.25) is 0 Å². The quantitative estimate of drug-likeness (QED) is 0.671. The second kappa shape index (κ2) is 7.02. The molecule has 0 radical (unpaired) electrons. The average Bonchev–Trinajstić information content (AvgIpc) is 3.30. The van der Waals surface area contributed by atoms with E-state index in [1.165, 1.54) is 0 Å². The number of imidazole rings is 1. The molecule has 6 rings (SSSR count). The summed E-state index contributed by atoms with van der Waals surface area (Å²) >= 11 is 0. The van der Waals surface area contributed by atoms with Gasteiger partial charge < -0.3 is 19.9 Å². The Morgan fingerprint density at radius 1 is 1.19 bits per heavy atom. The van der Waals surface area contributed by atoms with Crippen LogP contribution in [0.4, 0.5) is 10.2 Å². The monoisotopic (exact) mass is 422 g/mol. The van der Waals surface area contributed by atoms with Gasteiger partial charge in [-0.15, -0.1) is 10.2 Å². The highest BCUT2D eigenvalue weighted by Gasteiger charge is 2.58. The van der Waals surface area contributed by atoms with Gasteiger partial charge in [-0.25, -0.2) is 9.37 Å². The number of benzene rings is 1. The predicted molar refractivity (Wildman–Crippen MR) is 117 cm³/mol. The van der Waals surface area contributed by atoms with E-state index in [2.05, 4.69) is 27.4 Å². The highest BCUT2D eigenvalue weighted by molar-refractivity contribution is 5.69. The molecule has 2 bridgehead atoms. The Morgan fingerprint density at radius 3 is 2.65 bits per heavy atom. The Hall–Kier alpha value is -3.00. The highest BCUT2D eigenvalue weighted by atomic mass is 19.1. The summed E-state index contributed by atoms with van der Waals surface area (Å²) in [5.74, 6) is 0.741. The van der Waals surface area contributed by atoms with Crippen LogP contribution in [0.5, 0.6) is 5.75 Å². The second-order valence-electron chi connectivity index (χ2n) is 9.33. The van der Waals surface area contributed by atoms with Gasteiger partial charge in [-0.3, -0.25) is 0 Å². The van der Waals surface area contributed by atoms with E-state index in [9.17, 15) is 5.11 Å². The van der Waals surface area contributed by atoms with Crippen molar-refractivity contribution in [2.75, 3.05) is 18.5 Å². The van der Waals surface area contributed by atoms with Crippen molar-refractivity contribution in [2.45, 2.75) is 44.4 Å². The molecule has 4 heterocycles. The first kappa shape index (κ1) is 19.9. The molecule has 1 aromatic carbocycles. The lowest BCUT2D eigenvalue weighted by Gasteiger charge is -2.60. The Morgan fingerprint density at radius 2 is 2.03 bits per heavy atom. The fourth-order valence-electron chi connectivity index (χ4n) is 5.09. The van der Waals surface area contributed by atoms with Gasteiger partial charge in [0.15, 0.2) is 5.82 Å². The molecule has 3 aromatic rings. The molecule has 4 atom stereocenters.